The molecule has 9 heteroatoms. The van der Waals surface area contributed by atoms with E-state index >= 15 is 0 Å². The van der Waals surface area contributed by atoms with Crippen LogP contribution < -0.4 is 11.1 Å². The minimum atomic E-state index is -0.261. The lowest BCUT2D eigenvalue weighted by Crippen LogP contribution is -2.13. The second kappa shape index (κ2) is 7.67. The predicted octanol–water partition coefficient (Wildman–Crippen LogP) is 2.63. The van der Waals surface area contributed by atoms with Gasteiger partial charge in [0.2, 0.25) is 0 Å². The van der Waals surface area contributed by atoms with Gasteiger partial charge in [-0.3, -0.25) is 15.0 Å². The first-order chi connectivity index (χ1) is 11.9. The zero-order valence-electron chi connectivity index (χ0n) is 14.8. The van der Waals surface area contributed by atoms with Gasteiger partial charge in [-0.1, -0.05) is 20.8 Å². The highest BCUT2D eigenvalue weighted by molar-refractivity contribution is 6.03. The molecule has 5 N–H and O–H groups in total. The molecule has 2 aromatic heterocycles. The third-order valence-corrected chi connectivity index (χ3v) is 3.74. The molecule has 0 unspecified atom stereocenters. The quantitative estimate of drug-likeness (QED) is 0.557. The lowest BCUT2D eigenvalue weighted by atomic mass is 9.92. The second-order valence-electron chi connectivity index (χ2n) is 6.76. The number of carbonyl (C=O) groups is 1. The number of H-pyrrole nitrogens is 2. The normalized spacial score (nSPS) is 11.1. The van der Waals surface area contributed by atoms with Crippen LogP contribution in [0.4, 0.5) is 5.69 Å². The van der Waals surface area contributed by atoms with Gasteiger partial charge in [-0.2, -0.15) is 10.2 Å². The highest BCUT2D eigenvalue weighted by Gasteiger charge is 2.19. The summed E-state index contributed by atoms with van der Waals surface area (Å²) in [6.45, 7) is 6.47. The lowest BCUT2D eigenvalue weighted by Gasteiger charge is -2.14. The Morgan fingerprint density at radius 3 is 2.38 bits per heavy atom. The Labute approximate surface area is 157 Å². The molecule has 3 rings (SSSR count). The van der Waals surface area contributed by atoms with Crippen molar-refractivity contribution in [3.05, 3.63) is 47.5 Å². The van der Waals surface area contributed by atoms with Crippen molar-refractivity contribution in [3.8, 4) is 11.4 Å². The number of aromatic nitrogens is 5. The van der Waals surface area contributed by atoms with Crippen LogP contribution in [0, 0.1) is 0 Å². The first kappa shape index (κ1) is 19.6. The predicted molar refractivity (Wildman–Crippen MR) is 102 cm³/mol. The molecule has 0 atom stereocenters. The van der Waals surface area contributed by atoms with E-state index in [0.717, 1.165) is 11.3 Å². The van der Waals surface area contributed by atoms with Crippen LogP contribution in [0.1, 0.15) is 42.8 Å². The average Bonchev–Trinajstić information content (AvgIpc) is 3.24. The molecule has 0 aliphatic heterocycles. The molecule has 0 saturated heterocycles. The van der Waals surface area contributed by atoms with Crippen LogP contribution in [0.2, 0.25) is 0 Å². The fraction of sp³-hybridized carbons (Fsp3) is 0.294. The van der Waals surface area contributed by atoms with Crippen molar-refractivity contribution in [2.75, 3.05) is 5.32 Å². The van der Waals surface area contributed by atoms with Gasteiger partial charge in [0, 0.05) is 22.4 Å². The van der Waals surface area contributed by atoms with Gasteiger partial charge in [-0.25, -0.2) is 4.98 Å². The Morgan fingerprint density at radius 2 is 1.85 bits per heavy atom. The van der Waals surface area contributed by atoms with Crippen LogP contribution in [-0.2, 0) is 12.0 Å². The number of anilines is 1. The van der Waals surface area contributed by atoms with Crippen LogP contribution in [0.5, 0.6) is 0 Å². The molecule has 8 nitrogen and oxygen atoms in total. The average molecular weight is 376 g/mol. The molecule has 0 radical (unpaired) electrons. The number of nitrogens with two attached hydrogens (primary N) is 1. The number of nitrogens with zero attached hydrogens (tertiary/aromatic N) is 3. The smallest absolute Gasteiger partial charge is 0.276 e. The summed E-state index contributed by atoms with van der Waals surface area (Å²) >= 11 is 0. The third kappa shape index (κ3) is 4.27. The monoisotopic (exact) mass is 375 g/mol. The Kier molecular flexibility index (Phi) is 5.79. The minimum Gasteiger partial charge on any atom is -0.324 e. The van der Waals surface area contributed by atoms with Gasteiger partial charge in [0.1, 0.15) is 5.82 Å². The fourth-order valence-electron chi connectivity index (χ4n) is 2.24. The molecule has 0 fully saturated rings. The van der Waals surface area contributed by atoms with E-state index in [9.17, 15) is 4.79 Å². The van der Waals surface area contributed by atoms with Crippen LogP contribution in [-0.4, -0.2) is 31.3 Å². The molecule has 26 heavy (non-hydrogen) atoms. The van der Waals surface area contributed by atoms with E-state index in [4.69, 9.17) is 5.73 Å². The van der Waals surface area contributed by atoms with Crippen molar-refractivity contribution in [2.45, 2.75) is 32.7 Å². The molecule has 1 aromatic carbocycles. The van der Waals surface area contributed by atoms with Crippen molar-refractivity contribution in [2.24, 2.45) is 5.73 Å². The summed E-state index contributed by atoms with van der Waals surface area (Å²) in [5, 5.41) is 16.7. The molecule has 0 saturated carbocycles. The van der Waals surface area contributed by atoms with Gasteiger partial charge >= 0.3 is 0 Å². The third-order valence-electron chi connectivity index (χ3n) is 3.74. The van der Waals surface area contributed by atoms with E-state index in [1.54, 1.807) is 18.2 Å². The minimum absolute atomic E-state index is 0. The molecule has 138 valence electrons. The van der Waals surface area contributed by atoms with Crippen molar-refractivity contribution in [1.82, 2.24) is 25.4 Å². The number of nitrogens with one attached hydrogen (secondary N) is 3. The van der Waals surface area contributed by atoms with Gasteiger partial charge in [0.15, 0.2) is 11.5 Å². The first-order valence-corrected chi connectivity index (χ1v) is 7.96. The maximum atomic E-state index is 12.3. The zero-order valence-corrected chi connectivity index (χ0v) is 15.6. The van der Waals surface area contributed by atoms with Crippen molar-refractivity contribution in [1.29, 1.82) is 0 Å². The second-order valence-corrected chi connectivity index (χ2v) is 6.76. The summed E-state index contributed by atoms with van der Waals surface area (Å²) in [7, 11) is 0. The molecule has 0 aliphatic rings. The van der Waals surface area contributed by atoms with Gasteiger partial charge in [0.05, 0.1) is 6.54 Å². The summed E-state index contributed by atoms with van der Waals surface area (Å²) in [5.41, 5.74) is 8.20. The maximum Gasteiger partial charge on any atom is 0.276 e. The highest BCUT2D eigenvalue weighted by atomic mass is 35.5. The van der Waals surface area contributed by atoms with Gasteiger partial charge < -0.3 is 11.1 Å². The van der Waals surface area contributed by atoms with Crippen molar-refractivity contribution >= 4 is 24.0 Å². The molecule has 0 aliphatic carbocycles. The summed E-state index contributed by atoms with van der Waals surface area (Å²) in [5.74, 6) is 0.934. The standard InChI is InChI=1S/C17H21N7O.ClH/c1-17(2,3)13-8-12(21-22-13)16(25)19-11-6-4-10(5-7-11)15-20-14(9-18)23-24-15;/h4-8H,9,18H2,1-3H3,(H,19,25)(H,21,22)(H,20,23,24);1H. The molecular formula is C17H22ClN7O. The Hall–Kier alpha value is -2.71. The van der Waals surface area contributed by atoms with Crippen LogP contribution in [0.25, 0.3) is 11.4 Å². The van der Waals surface area contributed by atoms with Crippen LogP contribution in [0.3, 0.4) is 0 Å². The Bertz CT molecular complexity index is 877. The molecule has 3 aromatic rings. The lowest BCUT2D eigenvalue weighted by molar-refractivity contribution is 0.102. The topological polar surface area (TPSA) is 125 Å². The molecule has 0 spiro atoms. The van der Waals surface area contributed by atoms with E-state index in [0.29, 0.717) is 29.6 Å². The number of carbonyl (C=O) groups excluding carboxylic acids is 1. The number of hydrogen-bond acceptors (Lipinski definition) is 5. The number of rotatable bonds is 4. The number of hydrogen-bond donors (Lipinski definition) is 4. The van der Waals surface area contributed by atoms with Crippen molar-refractivity contribution < 1.29 is 4.79 Å². The Balaban J connectivity index is 0.00000243. The number of amides is 1. The summed E-state index contributed by atoms with van der Waals surface area (Å²) < 4.78 is 0. The van der Waals surface area contributed by atoms with E-state index in [2.05, 4.69) is 51.5 Å². The molecule has 1 amide bonds. The number of aromatic amines is 2. The van der Waals surface area contributed by atoms with Crippen LogP contribution >= 0.6 is 12.4 Å². The molecular weight excluding hydrogens is 354 g/mol. The Morgan fingerprint density at radius 1 is 1.15 bits per heavy atom. The highest BCUT2D eigenvalue weighted by Crippen LogP contribution is 2.21. The van der Waals surface area contributed by atoms with E-state index in [1.807, 2.05) is 12.1 Å². The summed E-state index contributed by atoms with van der Waals surface area (Å²) in [6, 6.07) is 9.03. The van der Waals surface area contributed by atoms with Gasteiger partial charge in [-0.15, -0.1) is 12.4 Å². The summed E-state index contributed by atoms with van der Waals surface area (Å²) in [6.07, 6.45) is 0. The first-order valence-electron chi connectivity index (χ1n) is 7.96. The molecule has 0 bridgehead atoms. The molecule has 2 heterocycles. The number of benzene rings is 1. The SMILES string of the molecule is CC(C)(C)c1cc(C(=O)Nc2ccc(-c3n[nH]c(CN)n3)cc2)n[nH]1.Cl. The van der Waals surface area contributed by atoms with Gasteiger partial charge in [-0.05, 0) is 30.3 Å². The van der Waals surface area contributed by atoms with E-state index in [-0.39, 0.29) is 23.7 Å². The maximum absolute atomic E-state index is 12.3. The van der Waals surface area contributed by atoms with E-state index < -0.39 is 0 Å². The largest absolute Gasteiger partial charge is 0.324 e. The van der Waals surface area contributed by atoms with Crippen molar-refractivity contribution in [3.63, 3.8) is 0 Å². The zero-order chi connectivity index (χ0) is 18.0. The van der Waals surface area contributed by atoms with Crippen LogP contribution in [0.15, 0.2) is 30.3 Å². The fourth-order valence-corrected chi connectivity index (χ4v) is 2.24. The van der Waals surface area contributed by atoms with E-state index in [1.165, 1.54) is 0 Å². The number of halogens is 1. The van der Waals surface area contributed by atoms with Gasteiger partial charge in [0.25, 0.3) is 5.91 Å². The summed E-state index contributed by atoms with van der Waals surface area (Å²) in [4.78, 5) is 16.6.